The molecule has 2 heterocycles. The second-order valence-electron chi connectivity index (χ2n) is 6.01. The summed E-state index contributed by atoms with van der Waals surface area (Å²) in [4.78, 5) is 2.62. The van der Waals surface area contributed by atoms with E-state index in [-0.39, 0.29) is 0 Å². The first-order valence-corrected chi connectivity index (χ1v) is 6.72. The minimum absolute atomic E-state index is 0.776. The van der Waals surface area contributed by atoms with Crippen molar-refractivity contribution in [2.75, 3.05) is 7.05 Å². The first-order chi connectivity index (χ1) is 7.24. The Labute approximate surface area is 93.4 Å². The average molecular weight is 208 g/mol. The van der Waals surface area contributed by atoms with Crippen molar-refractivity contribution in [2.24, 2.45) is 5.92 Å². The van der Waals surface area contributed by atoms with Crippen molar-refractivity contribution in [2.45, 2.75) is 69.6 Å². The summed E-state index contributed by atoms with van der Waals surface area (Å²) in [5.74, 6) is 1.00. The van der Waals surface area contributed by atoms with Crippen LogP contribution in [0.2, 0.25) is 0 Å². The molecule has 2 heteroatoms. The highest BCUT2D eigenvalue weighted by atomic mass is 15.2. The summed E-state index contributed by atoms with van der Waals surface area (Å²) in [6, 6.07) is 3.35. The molecule has 0 aromatic heterocycles. The van der Waals surface area contributed by atoms with E-state index >= 15 is 0 Å². The monoisotopic (exact) mass is 208 g/mol. The van der Waals surface area contributed by atoms with Crippen LogP contribution in [0, 0.1) is 5.92 Å². The van der Waals surface area contributed by atoms with Gasteiger partial charge in [0, 0.05) is 24.2 Å². The molecule has 2 nitrogen and oxygen atoms in total. The molecule has 3 atom stereocenters. The lowest BCUT2D eigenvalue weighted by Gasteiger charge is -2.38. The van der Waals surface area contributed by atoms with Crippen molar-refractivity contribution >= 4 is 0 Å². The molecule has 86 valence electrons. The van der Waals surface area contributed by atoms with E-state index in [1.54, 1.807) is 0 Å². The Hall–Kier alpha value is -0.0800. The zero-order valence-electron chi connectivity index (χ0n) is 10.1. The van der Waals surface area contributed by atoms with Gasteiger partial charge in [-0.15, -0.1) is 0 Å². The molecule has 3 fully saturated rings. The minimum Gasteiger partial charge on any atom is -0.311 e. The van der Waals surface area contributed by atoms with Gasteiger partial charge in [0.25, 0.3) is 0 Å². The van der Waals surface area contributed by atoms with Gasteiger partial charge in [0.1, 0.15) is 0 Å². The lowest BCUT2D eigenvalue weighted by Crippen LogP contribution is -2.49. The second kappa shape index (κ2) is 3.74. The van der Waals surface area contributed by atoms with E-state index in [2.05, 4.69) is 24.2 Å². The third-order valence-electron chi connectivity index (χ3n) is 4.93. The minimum atomic E-state index is 0.776. The van der Waals surface area contributed by atoms with Crippen LogP contribution in [0.3, 0.4) is 0 Å². The van der Waals surface area contributed by atoms with Gasteiger partial charge in [-0.05, 0) is 58.4 Å². The van der Waals surface area contributed by atoms with Gasteiger partial charge in [-0.1, -0.05) is 0 Å². The van der Waals surface area contributed by atoms with Crippen LogP contribution in [0.5, 0.6) is 0 Å². The standard InChI is InChI=1S/C13H24N2/c1-9(10-3-4-10)14-11-7-12-5-6-13(8-11)15(12)2/h9-14H,3-8H2,1-2H3. The number of fused-ring (bicyclic) bond motifs is 2. The molecule has 2 bridgehead atoms. The fraction of sp³-hybridized carbons (Fsp3) is 1.00. The highest BCUT2D eigenvalue weighted by Crippen LogP contribution is 2.36. The Bertz CT molecular complexity index is 223. The van der Waals surface area contributed by atoms with E-state index in [0.717, 1.165) is 30.1 Å². The van der Waals surface area contributed by atoms with E-state index in [9.17, 15) is 0 Å². The van der Waals surface area contributed by atoms with Crippen LogP contribution in [0.1, 0.15) is 45.4 Å². The lowest BCUT2D eigenvalue weighted by molar-refractivity contribution is 0.142. The third kappa shape index (κ3) is 1.94. The predicted octanol–water partition coefficient (Wildman–Crippen LogP) is 2.00. The first-order valence-electron chi connectivity index (χ1n) is 6.72. The summed E-state index contributed by atoms with van der Waals surface area (Å²) >= 11 is 0. The smallest absolute Gasteiger partial charge is 0.0111 e. The average Bonchev–Trinajstić information content (AvgIpc) is 3.00. The Balaban J connectivity index is 1.55. The van der Waals surface area contributed by atoms with Gasteiger partial charge in [-0.3, -0.25) is 0 Å². The number of hydrogen-bond acceptors (Lipinski definition) is 2. The van der Waals surface area contributed by atoms with E-state index in [0.29, 0.717) is 0 Å². The number of rotatable bonds is 3. The van der Waals surface area contributed by atoms with Gasteiger partial charge < -0.3 is 10.2 Å². The van der Waals surface area contributed by atoms with Crippen molar-refractivity contribution in [3.05, 3.63) is 0 Å². The van der Waals surface area contributed by atoms with Gasteiger partial charge in [-0.2, -0.15) is 0 Å². The molecule has 15 heavy (non-hydrogen) atoms. The van der Waals surface area contributed by atoms with Gasteiger partial charge >= 0.3 is 0 Å². The molecule has 2 saturated heterocycles. The van der Waals surface area contributed by atoms with Crippen molar-refractivity contribution < 1.29 is 0 Å². The predicted molar refractivity (Wildman–Crippen MR) is 62.9 cm³/mol. The third-order valence-corrected chi connectivity index (χ3v) is 4.93. The van der Waals surface area contributed by atoms with Crippen LogP contribution >= 0.6 is 0 Å². The molecular formula is C13H24N2. The molecule has 0 radical (unpaired) electrons. The second-order valence-corrected chi connectivity index (χ2v) is 6.01. The fourth-order valence-electron chi connectivity index (χ4n) is 3.65. The topological polar surface area (TPSA) is 15.3 Å². The number of nitrogens with one attached hydrogen (secondary N) is 1. The molecule has 0 aromatic rings. The molecule has 0 spiro atoms. The summed E-state index contributed by atoms with van der Waals surface area (Å²) in [6.45, 7) is 2.39. The van der Waals surface area contributed by atoms with E-state index in [4.69, 9.17) is 0 Å². The number of nitrogens with zero attached hydrogens (tertiary/aromatic N) is 1. The maximum absolute atomic E-state index is 3.88. The summed E-state index contributed by atoms with van der Waals surface area (Å²) in [5, 5.41) is 3.88. The van der Waals surface area contributed by atoms with E-state index < -0.39 is 0 Å². The van der Waals surface area contributed by atoms with Crippen LogP contribution in [-0.4, -0.2) is 36.1 Å². The summed E-state index contributed by atoms with van der Waals surface area (Å²) in [6.07, 6.45) is 8.60. The molecule has 3 rings (SSSR count). The maximum Gasteiger partial charge on any atom is 0.0111 e. The number of hydrogen-bond donors (Lipinski definition) is 1. The zero-order chi connectivity index (χ0) is 10.4. The molecule has 1 aliphatic carbocycles. The fourth-order valence-corrected chi connectivity index (χ4v) is 3.65. The highest BCUT2D eigenvalue weighted by molar-refractivity contribution is 4.97. The van der Waals surface area contributed by atoms with Gasteiger partial charge in [0.2, 0.25) is 0 Å². The number of piperidine rings is 1. The van der Waals surface area contributed by atoms with Crippen molar-refractivity contribution in [3.63, 3.8) is 0 Å². The van der Waals surface area contributed by atoms with Gasteiger partial charge in [0.15, 0.2) is 0 Å². The molecule has 0 aromatic carbocycles. The normalized spacial score (nSPS) is 43.2. The van der Waals surface area contributed by atoms with Crippen LogP contribution in [0.4, 0.5) is 0 Å². The maximum atomic E-state index is 3.88. The summed E-state index contributed by atoms with van der Waals surface area (Å²) in [7, 11) is 2.32. The Morgan fingerprint density at radius 1 is 1.07 bits per heavy atom. The molecule has 2 aliphatic heterocycles. The molecular weight excluding hydrogens is 184 g/mol. The van der Waals surface area contributed by atoms with Crippen LogP contribution in [0.15, 0.2) is 0 Å². The van der Waals surface area contributed by atoms with Crippen molar-refractivity contribution in [1.29, 1.82) is 0 Å². The van der Waals surface area contributed by atoms with Crippen LogP contribution in [-0.2, 0) is 0 Å². The van der Waals surface area contributed by atoms with E-state index in [1.807, 2.05) is 0 Å². The zero-order valence-corrected chi connectivity index (χ0v) is 10.1. The van der Waals surface area contributed by atoms with Crippen LogP contribution < -0.4 is 5.32 Å². The summed E-state index contributed by atoms with van der Waals surface area (Å²) in [5.41, 5.74) is 0. The molecule has 1 saturated carbocycles. The molecule has 1 N–H and O–H groups in total. The highest BCUT2D eigenvalue weighted by Gasteiger charge is 2.39. The lowest BCUT2D eigenvalue weighted by atomic mass is 9.97. The Morgan fingerprint density at radius 3 is 2.20 bits per heavy atom. The van der Waals surface area contributed by atoms with Gasteiger partial charge in [0.05, 0.1) is 0 Å². The van der Waals surface area contributed by atoms with E-state index in [1.165, 1.54) is 38.5 Å². The first kappa shape index (κ1) is 10.1. The van der Waals surface area contributed by atoms with Crippen molar-refractivity contribution in [3.8, 4) is 0 Å². The Kier molecular flexibility index (Phi) is 2.52. The van der Waals surface area contributed by atoms with Crippen LogP contribution in [0.25, 0.3) is 0 Å². The largest absolute Gasteiger partial charge is 0.311 e. The Morgan fingerprint density at radius 2 is 1.67 bits per heavy atom. The summed E-state index contributed by atoms with van der Waals surface area (Å²) < 4.78 is 0. The quantitative estimate of drug-likeness (QED) is 0.763. The molecule has 3 aliphatic rings. The van der Waals surface area contributed by atoms with Crippen molar-refractivity contribution in [1.82, 2.24) is 10.2 Å². The van der Waals surface area contributed by atoms with Gasteiger partial charge in [-0.25, -0.2) is 0 Å². The SMILES string of the molecule is CC(NC1CC2CCC(C1)N2C)C1CC1. The molecule has 0 amide bonds. The molecule has 3 unspecified atom stereocenters.